The van der Waals surface area contributed by atoms with Gasteiger partial charge in [-0.1, -0.05) is 6.07 Å². The molecule has 11 heteroatoms. The van der Waals surface area contributed by atoms with Gasteiger partial charge < -0.3 is 9.80 Å². The van der Waals surface area contributed by atoms with Crippen molar-refractivity contribution in [1.29, 1.82) is 0 Å². The number of pyridine rings is 1. The average molecular weight is 431 g/mol. The number of non-ortho nitro benzene ring substituents is 1. The zero-order chi connectivity index (χ0) is 21.8. The van der Waals surface area contributed by atoms with Gasteiger partial charge in [-0.05, 0) is 58.6 Å². The number of ketones is 1. The van der Waals surface area contributed by atoms with Crippen molar-refractivity contribution in [3.05, 3.63) is 86.0 Å². The number of nitro benzene ring substituents is 1. The van der Waals surface area contributed by atoms with E-state index in [0.29, 0.717) is 16.1 Å². The van der Waals surface area contributed by atoms with Gasteiger partial charge in [-0.15, -0.1) is 0 Å². The maximum atomic E-state index is 13.2. The summed E-state index contributed by atoms with van der Waals surface area (Å²) in [5, 5.41) is 13.4. The number of hydrogen-bond donors (Lipinski definition) is 1. The molecule has 0 aliphatic heterocycles. The first-order valence-electron chi connectivity index (χ1n) is 8.81. The molecule has 0 aliphatic rings. The number of nitrogens with zero attached hydrogens (tertiary/aromatic N) is 4. The number of aryl methyl sites for hydroxylation is 1. The number of anilines is 1. The van der Waals surface area contributed by atoms with Gasteiger partial charge in [-0.3, -0.25) is 25.7 Å². The van der Waals surface area contributed by atoms with E-state index in [2.05, 4.69) is 4.98 Å². The molecule has 0 unspecified atom stereocenters. The zero-order valence-electron chi connectivity index (χ0n) is 17.2. The van der Waals surface area contributed by atoms with Gasteiger partial charge in [-0.2, -0.15) is 5.12 Å². The van der Waals surface area contributed by atoms with Crippen LogP contribution in [0.15, 0.2) is 48.8 Å². The number of thiophene rings is 1. The molecule has 3 rings (SSSR count). The third-order valence-electron chi connectivity index (χ3n) is 4.54. The minimum Gasteiger partial charge on any atom is -0.397 e. The summed E-state index contributed by atoms with van der Waals surface area (Å²) in [7, 11) is 0. The van der Waals surface area contributed by atoms with Gasteiger partial charge in [0.2, 0.25) is 0 Å². The molecule has 1 aromatic carbocycles. The number of nitro groups is 1. The summed E-state index contributed by atoms with van der Waals surface area (Å²) in [6.45, 7) is 3.78. The standard InChI is InChI=1S/C20H18N5O4S.Li/c1-13-14(2)30-20(23(12-26)24(21)11-15-4-3-9-22-10-15)18(13)19(27)16-5-7-17(8-6-16)25(28)29;/h3-10H,11,21H2,1-2H3;/q-1;+1. The third-order valence-corrected chi connectivity index (χ3v) is 5.72. The number of hydrazine groups is 2. The minimum atomic E-state index is -0.534. The SMILES string of the molecule is Cc1sc(N([C-]=O)N(N)Cc2cccnc2)c(C(=O)c2ccc([N+](=O)[O-])cc2)c1C.[Li+]. The summed E-state index contributed by atoms with van der Waals surface area (Å²) in [4.78, 5) is 40.2. The van der Waals surface area contributed by atoms with Crippen molar-refractivity contribution in [1.82, 2.24) is 10.1 Å². The van der Waals surface area contributed by atoms with E-state index >= 15 is 0 Å². The van der Waals surface area contributed by atoms with Gasteiger partial charge in [0.15, 0.2) is 5.78 Å². The number of benzene rings is 1. The molecule has 1 amide bonds. The maximum Gasteiger partial charge on any atom is 1.00 e. The molecule has 0 bridgehead atoms. The fraction of sp³-hybridized carbons (Fsp3) is 0.150. The number of carbonyl (C=O) groups excluding carboxylic acids is 2. The van der Waals surface area contributed by atoms with Crippen LogP contribution in [-0.4, -0.2) is 27.2 Å². The number of amides is 1. The van der Waals surface area contributed by atoms with E-state index in [0.717, 1.165) is 20.6 Å². The average Bonchev–Trinajstić information content (AvgIpc) is 3.03. The van der Waals surface area contributed by atoms with Crippen molar-refractivity contribution in [3.8, 4) is 0 Å². The normalized spacial score (nSPS) is 10.5. The minimum absolute atomic E-state index is 0. The van der Waals surface area contributed by atoms with E-state index in [4.69, 9.17) is 5.84 Å². The Bertz CT molecular complexity index is 1090. The van der Waals surface area contributed by atoms with E-state index in [1.807, 2.05) is 13.0 Å². The molecule has 154 valence electrons. The fourth-order valence-electron chi connectivity index (χ4n) is 2.86. The molecule has 0 aliphatic carbocycles. The number of carbonyl (C=O) groups is 1. The van der Waals surface area contributed by atoms with Gasteiger partial charge in [0, 0.05) is 30.1 Å². The largest absolute Gasteiger partial charge is 1.00 e. The predicted molar refractivity (Wildman–Crippen MR) is 112 cm³/mol. The molecule has 0 fully saturated rings. The topological polar surface area (TPSA) is 123 Å². The Labute approximate surface area is 194 Å². The molecule has 0 spiro atoms. The van der Waals surface area contributed by atoms with Crippen LogP contribution in [0.3, 0.4) is 0 Å². The number of rotatable bonds is 8. The van der Waals surface area contributed by atoms with Gasteiger partial charge >= 0.3 is 18.9 Å². The Morgan fingerprint density at radius 3 is 2.48 bits per heavy atom. The zero-order valence-corrected chi connectivity index (χ0v) is 18.0. The van der Waals surface area contributed by atoms with E-state index in [9.17, 15) is 19.7 Å². The summed E-state index contributed by atoms with van der Waals surface area (Å²) in [5.41, 5.74) is 1.93. The van der Waals surface area contributed by atoms with Crippen molar-refractivity contribution in [3.63, 3.8) is 0 Å². The Morgan fingerprint density at radius 1 is 1.26 bits per heavy atom. The van der Waals surface area contributed by atoms with Crippen LogP contribution in [0.25, 0.3) is 0 Å². The Kier molecular flexibility index (Phi) is 8.21. The molecule has 0 atom stereocenters. The second-order valence-electron chi connectivity index (χ2n) is 6.46. The molecule has 3 aromatic rings. The monoisotopic (exact) mass is 431 g/mol. The van der Waals surface area contributed by atoms with Crippen molar-refractivity contribution in [2.75, 3.05) is 5.01 Å². The van der Waals surface area contributed by atoms with Gasteiger partial charge in [0.25, 0.3) is 5.69 Å². The molecule has 0 saturated carbocycles. The predicted octanol–water partition coefficient (Wildman–Crippen LogP) is 0.0676. The quantitative estimate of drug-likeness (QED) is 0.102. The number of nitrogens with two attached hydrogens (primary N) is 1. The smallest absolute Gasteiger partial charge is 0.397 e. The second-order valence-corrected chi connectivity index (χ2v) is 7.66. The first-order chi connectivity index (χ1) is 14.3. The molecule has 31 heavy (non-hydrogen) atoms. The summed E-state index contributed by atoms with van der Waals surface area (Å²) < 4.78 is 0. The van der Waals surface area contributed by atoms with Crippen molar-refractivity contribution in [2.24, 2.45) is 5.84 Å². The van der Waals surface area contributed by atoms with Crippen molar-refractivity contribution >= 4 is 34.2 Å². The molecule has 0 saturated heterocycles. The van der Waals surface area contributed by atoms with Crippen LogP contribution in [0.2, 0.25) is 0 Å². The van der Waals surface area contributed by atoms with E-state index in [1.54, 1.807) is 31.8 Å². The van der Waals surface area contributed by atoms with Gasteiger partial charge in [0.1, 0.15) is 0 Å². The molecule has 9 nitrogen and oxygen atoms in total. The first-order valence-corrected chi connectivity index (χ1v) is 9.63. The second kappa shape index (κ2) is 10.4. The van der Waals surface area contributed by atoms with Crippen LogP contribution in [-0.2, 0) is 11.3 Å². The molecule has 0 radical (unpaired) electrons. The Balaban J connectivity index is 0.00000341. The maximum absolute atomic E-state index is 13.2. The van der Waals surface area contributed by atoms with Gasteiger partial charge in [0.05, 0.1) is 17.9 Å². The van der Waals surface area contributed by atoms with Crippen molar-refractivity contribution in [2.45, 2.75) is 20.4 Å². The summed E-state index contributed by atoms with van der Waals surface area (Å²) in [5.74, 6) is 5.74. The van der Waals surface area contributed by atoms with Crippen LogP contribution >= 0.6 is 11.3 Å². The Hall–Kier alpha value is -2.87. The van der Waals surface area contributed by atoms with E-state index in [1.165, 1.54) is 35.6 Å². The van der Waals surface area contributed by atoms with Crippen molar-refractivity contribution < 1.29 is 33.4 Å². The summed E-state index contributed by atoms with van der Waals surface area (Å²) in [6.07, 6.45) is 5.03. The van der Waals surface area contributed by atoms with E-state index < -0.39 is 4.92 Å². The van der Waals surface area contributed by atoms with Crippen LogP contribution in [0.5, 0.6) is 0 Å². The number of aromatic nitrogens is 1. The van der Waals surface area contributed by atoms with Crippen LogP contribution < -0.4 is 29.7 Å². The van der Waals surface area contributed by atoms with E-state index in [-0.39, 0.29) is 42.4 Å². The van der Waals surface area contributed by atoms with Crippen LogP contribution in [0, 0.1) is 24.0 Å². The number of hydrogen-bond acceptors (Lipinski definition) is 8. The molecule has 2 aromatic heterocycles. The molecular weight excluding hydrogens is 413 g/mol. The Morgan fingerprint density at radius 2 is 1.94 bits per heavy atom. The molecule has 2 heterocycles. The van der Waals surface area contributed by atoms with Crippen LogP contribution in [0.1, 0.15) is 31.9 Å². The fourth-order valence-corrected chi connectivity index (χ4v) is 3.99. The third kappa shape index (κ3) is 5.25. The first kappa shape index (κ1) is 24.4. The van der Waals surface area contributed by atoms with Gasteiger partial charge in [-0.25, -0.2) is 11.3 Å². The summed E-state index contributed by atoms with van der Waals surface area (Å²) in [6, 6.07) is 8.87. The van der Waals surface area contributed by atoms with Crippen LogP contribution in [0.4, 0.5) is 10.7 Å². The summed E-state index contributed by atoms with van der Waals surface area (Å²) >= 11 is 1.24. The molecule has 2 N–H and O–H groups in total. The molecular formula is C20H18LiN5O4S.